The lowest BCUT2D eigenvalue weighted by Gasteiger charge is -2.29. The van der Waals surface area contributed by atoms with E-state index < -0.39 is 0 Å². The number of carbonyl (C=O) groups is 1. The molecule has 0 spiro atoms. The Morgan fingerprint density at radius 2 is 1.32 bits per heavy atom. The number of rotatable bonds is 22. The quantitative estimate of drug-likeness (QED) is 0.0879. The molecular formula is C34H54NO3+. The SMILES string of the molecule is CCCCCCCCCCCCCc1ccccc1OCCCOC(=O)CC[N+](C)(C)Cc1ccccc1. The van der Waals surface area contributed by atoms with Crippen molar-refractivity contribution in [2.24, 2.45) is 0 Å². The molecule has 0 unspecified atom stereocenters. The van der Waals surface area contributed by atoms with Crippen LogP contribution in [-0.4, -0.2) is 44.3 Å². The zero-order valence-electron chi connectivity index (χ0n) is 24.6. The minimum Gasteiger partial charge on any atom is -0.493 e. The Bertz CT molecular complexity index is 865. The number of nitrogens with zero attached hydrogens (tertiary/aromatic N) is 1. The van der Waals surface area contributed by atoms with Gasteiger partial charge in [0.1, 0.15) is 12.3 Å². The van der Waals surface area contributed by atoms with E-state index in [0.29, 0.717) is 26.1 Å². The molecule has 2 aromatic carbocycles. The highest BCUT2D eigenvalue weighted by Gasteiger charge is 2.18. The fourth-order valence-corrected chi connectivity index (χ4v) is 4.88. The number of benzene rings is 2. The van der Waals surface area contributed by atoms with Crippen molar-refractivity contribution in [1.82, 2.24) is 0 Å². The van der Waals surface area contributed by atoms with Gasteiger partial charge in [-0.1, -0.05) is 120 Å². The highest BCUT2D eigenvalue weighted by atomic mass is 16.5. The lowest BCUT2D eigenvalue weighted by atomic mass is 10.0. The van der Waals surface area contributed by atoms with Crippen molar-refractivity contribution in [3.63, 3.8) is 0 Å². The van der Waals surface area contributed by atoms with E-state index in [-0.39, 0.29) is 5.97 Å². The molecule has 2 aromatic rings. The van der Waals surface area contributed by atoms with Gasteiger partial charge in [0.2, 0.25) is 0 Å². The fraction of sp³-hybridized carbons (Fsp3) is 0.618. The van der Waals surface area contributed by atoms with Gasteiger partial charge in [-0.3, -0.25) is 4.79 Å². The van der Waals surface area contributed by atoms with E-state index >= 15 is 0 Å². The molecule has 4 nitrogen and oxygen atoms in total. The molecule has 0 atom stereocenters. The summed E-state index contributed by atoms with van der Waals surface area (Å²) in [6.07, 6.45) is 17.2. The largest absolute Gasteiger partial charge is 0.493 e. The number of unbranched alkanes of at least 4 members (excludes halogenated alkanes) is 10. The standard InChI is InChI=1S/C34H54NO3/c1-4-5-6-7-8-9-10-11-12-13-17-23-32-24-18-19-25-33(32)37-28-20-29-38-34(36)26-27-35(2,3)30-31-21-15-14-16-22-31/h14-16,18-19,21-22,24-25H,4-13,17,20,23,26-30H2,1-3H3/q+1. The van der Waals surface area contributed by atoms with Gasteiger partial charge in [-0.05, 0) is 24.5 Å². The summed E-state index contributed by atoms with van der Waals surface area (Å²) in [5, 5.41) is 0. The lowest BCUT2D eigenvalue weighted by molar-refractivity contribution is -0.903. The average Bonchev–Trinajstić information content (AvgIpc) is 2.91. The van der Waals surface area contributed by atoms with Crippen molar-refractivity contribution in [3.8, 4) is 5.75 Å². The normalized spacial score (nSPS) is 11.4. The Balaban J connectivity index is 1.52. The molecule has 0 bridgehead atoms. The zero-order valence-corrected chi connectivity index (χ0v) is 24.6. The van der Waals surface area contributed by atoms with Gasteiger partial charge in [0.05, 0.1) is 40.3 Å². The number of para-hydroxylation sites is 1. The highest BCUT2D eigenvalue weighted by Crippen LogP contribution is 2.21. The summed E-state index contributed by atoms with van der Waals surface area (Å²) in [4.78, 5) is 12.2. The van der Waals surface area contributed by atoms with E-state index in [4.69, 9.17) is 9.47 Å². The molecule has 0 fully saturated rings. The molecule has 4 heteroatoms. The zero-order chi connectivity index (χ0) is 27.3. The highest BCUT2D eigenvalue weighted by molar-refractivity contribution is 5.69. The summed E-state index contributed by atoms with van der Waals surface area (Å²) in [6, 6.07) is 18.8. The van der Waals surface area contributed by atoms with Crippen molar-refractivity contribution in [2.45, 2.75) is 103 Å². The molecule has 0 heterocycles. The summed E-state index contributed by atoms with van der Waals surface area (Å²) >= 11 is 0. The topological polar surface area (TPSA) is 35.5 Å². The predicted octanol–water partition coefficient (Wildman–Crippen LogP) is 8.52. The van der Waals surface area contributed by atoms with E-state index in [9.17, 15) is 4.79 Å². The first-order chi connectivity index (χ1) is 18.5. The third-order valence-corrected chi connectivity index (χ3v) is 7.21. The summed E-state index contributed by atoms with van der Waals surface area (Å²) in [7, 11) is 4.31. The van der Waals surface area contributed by atoms with Gasteiger partial charge in [-0.2, -0.15) is 0 Å². The van der Waals surface area contributed by atoms with Gasteiger partial charge >= 0.3 is 5.97 Å². The van der Waals surface area contributed by atoms with Crippen LogP contribution in [0.25, 0.3) is 0 Å². The van der Waals surface area contributed by atoms with E-state index in [1.165, 1.54) is 81.8 Å². The van der Waals surface area contributed by atoms with Gasteiger partial charge in [0, 0.05) is 12.0 Å². The van der Waals surface area contributed by atoms with Crippen LogP contribution in [0, 0.1) is 0 Å². The number of hydrogen-bond donors (Lipinski definition) is 0. The molecule has 2 rings (SSSR count). The summed E-state index contributed by atoms with van der Waals surface area (Å²) in [5.41, 5.74) is 2.57. The maximum Gasteiger partial charge on any atom is 0.311 e. The van der Waals surface area contributed by atoms with Gasteiger partial charge in [-0.15, -0.1) is 0 Å². The van der Waals surface area contributed by atoms with E-state index in [1.54, 1.807) is 0 Å². The number of carbonyl (C=O) groups excluding carboxylic acids is 1. The molecule has 0 aliphatic carbocycles. The number of ether oxygens (including phenoxy) is 2. The molecule has 0 aromatic heterocycles. The minimum absolute atomic E-state index is 0.124. The first-order valence-electron chi connectivity index (χ1n) is 15.2. The van der Waals surface area contributed by atoms with Gasteiger partial charge in [0.15, 0.2) is 0 Å². The van der Waals surface area contributed by atoms with Crippen LogP contribution >= 0.6 is 0 Å². The van der Waals surface area contributed by atoms with Crippen LogP contribution < -0.4 is 4.74 Å². The van der Waals surface area contributed by atoms with Gasteiger partial charge in [0.25, 0.3) is 0 Å². The molecule has 0 aliphatic rings. The molecular weight excluding hydrogens is 470 g/mol. The van der Waals surface area contributed by atoms with Crippen LogP contribution in [0.4, 0.5) is 0 Å². The summed E-state index contributed by atoms with van der Waals surface area (Å²) < 4.78 is 12.3. The molecule has 212 valence electrons. The average molecular weight is 525 g/mol. The Hall–Kier alpha value is -2.33. The van der Waals surface area contributed by atoms with Crippen LogP contribution in [0.2, 0.25) is 0 Å². The maximum absolute atomic E-state index is 12.2. The first kappa shape index (κ1) is 31.9. The smallest absolute Gasteiger partial charge is 0.311 e. The Morgan fingerprint density at radius 3 is 2.00 bits per heavy atom. The van der Waals surface area contributed by atoms with Crippen LogP contribution in [-0.2, 0) is 22.5 Å². The molecule has 0 N–H and O–H groups in total. The molecule has 0 radical (unpaired) electrons. The van der Waals surface area contributed by atoms with Crippen molar-refractivity contribution < 1.29 is 18.8 Å². The molecule has 0 aliphatic heterocycles. The van der Waals surface area contributed by atoms with Gasteiger partial charge < -0.3 is 14.0 Å². The summed E-state index contributed by atoms with van der Waals surface area (Å²) in [5.74, 6) is 0.854. The number of esters is 1. The van der Waals surface area contributed by atoms with Crippen molar-refractivity contribution in [1.29, 1.82) is 0 Å². The third-order valence-electron chi connectivity index (χ3n) is 7.21. The van der Waals surface area contributed by atoms with Crippen molar-refractivity contribution in [2.75, 3.05) is 33.9 Å². The fourth-order valence-electron chi connectivity index (χ4n) is 4.88. The van der Waals surface area contributed by atoms with Crippen molar-refractivity contribution in [3.05, 3.63) is 65.7 Å². The van der Waals surface area contributed by atoms with Crippen LogP contribution in [0.15, 0.2) is 54.6 Å². The molecule has 38 heavy (non-hydrogen) atoms. The number of quaternary nitrogens is 1. The molecule has 0 amide bonds. The Labute approximate surface area is 233 Å². The number of hydrogen-bond acceptors (Lipinski definition) is 3. The van der Waals surface area contributed by atoms with E-state index in [2.05, 4.69) is 63.5 Å². The van der Waals surface area contributed by atoms with E-state index in [0.717, 1.165) is 29.7 Å². The lowest BCUT2D eigenvalue weighted by Crippen LogP contribution is -2.40. The maximum atomic E-state index is 12.2. The first-order valence-corrected chi connectivity index (χ1v) is 15.2. The predicted molar refractivity (Wildman–Crippen MR) is 159 cm³/mol. The summed E-state index contributed by atoms with van der Waals surface area (Å²) in [6.45, 7) is 4.92. The Kier molecular flexibility index (Phi) is 16.5. The number of aryl methyl sites for hydroxylation is 1. The van der Waals surface area contributed by atoms with Gasteiger partial charge in [-0.25, -0.2) is 0 Å². The van der Waals surface area contributed by atoms with Crippen LogP contribution in [0.3, 0.4) is 0 Å². The second-order valence-electron chi connectivity index (χ2n) is 11.4. The second-order valence-corrected chi connectivity index (χ2v) is 11.4. The third kappa shape index (κ3) is 15.2. The van der Waals surface area contributed by atoms with Crippen molar-refractivity contribution >= 4 is 5.97 Å². The monoisotopic (exact) mass is 524 g/mol. The molecule has 0 saturated heterocycles. The van der Waals surface area contributed by atoms with Crippen LogP contribution in [0.5, 0.6) is 5.75 Å². The Morgan fingerprint density at radius 1 is 0.711 bits per heavy atom. The molecule has 0 saturated carbocycles. The minimum atomic E-state index is -0.124. The van der Waals surface area contributed by atoms with E-state index in [1.807, 2.05) is 12.1 Å². The van der Waals surface area contributed by atoms with Crippen LogP contribution in [0.1, 0.15) is 102 Å². The second kappa shape index (κ2) is 19.7.